The highest BCUT2D eigenvalue weighted by atomic mass is 35.5. The number of anilines is 2. The number of halogens is 2. The predicted octanol–water partition coefficient (Wildman–Crippen LogP) is 6.33. The number of carbonyl (C=O) groups excluding carboxylic acids is 2. The minimum Gasteiger partial charge on any atom is -0.364 e. The van der Waals surface area contributed by atoms with E-state index in [1.54, 1.807) is 24.3 Å². The Balaban J connectivity index is 1.76. The van der Waals surface area contributed by atoms with E-state index in [1.807, 2.05) is 6.07 Å². The molecule has 8 heteroatoms. The number of rotatable bonds is 3. The van der Waals surface area contributed by atoms with Gasteiger partial charge in [-0.1, -0.05) is 42.3 Å². The number of carbonyl (C=O) groups is 2. The normalized spacial score (nSPS) is 21.2. The third-order valence-electron chi connectivity index (χ3n) is 6.40. The lowest BCUT2D eigenvalue weighted by Gasteiger charge is -2.50. The maximum atomic E-state index is 13.4. The van der Waals surface area contributed by atoms with E-state index in [0.717, 1.165) is 12.0 Å². The van der Waals surface area contributed by atoms with Crippen LogP contribution in [-0.2, 0) is 9.59 Å². The quantitative estimate of drug-likeness (QED) is 0.295. The van der Waals surface area contributed by atoms with Crippen molar-refractivity contribution in [3.63, 3.8) is 0 Å². The zero-order valence-electron chi connectivity index (χ0n) is 19.8. The summed E-state index contributed by atoms with van der Waals surface area (Å²) in [6.07, 6.45) is 2.62. The van der Waals surface area contributed by atoms with Crippen molar-refractivity contribution in [1.29, 1.82) is 0 Å². The van der Waals surface area contributed by atoms with E-state index in [-0.39, 0.29) is 21.2 Å². The van der Waals surface area contributed by atoms with E-state index in [1.165, 1.54) is 16.2 Å². The van der Waals surface area contributed by atoms with Crippen molar-refractivity contribution >= 4 is 69.8 Å². The Morgan fingerprint density at radius 2 is 1.85 bits per heavy atom. The Hall–Kier alpha value is -2.41. The molecule has 2 aromatic carbocycles. The zero-order valence-corrected chi connectivity index (χ0v) is 22.1. The fraction of sp³-hybridized carbons (Fsp3) is 0.346. The topological polar surface area (TPSA) is 52.7 Å². The highest BCUT2D eigenvalue weighted by Crippen LogP contribution is 2.45. The van der Waals surface area contributed by atoms with Crippen LogP contribution in [-0.4, -0.2) is 28.5 Å². The second-order valence-corrected chi connectivity index (χ2v) is 10.9. The first-order valence-corrected chi connectivity index (χ1v) is 12.4. The number of fused-ring (bicyclic) bond motifs is 1. The van der Waals surface area contributed by atoms with Gasteiger partial charge in [-0.15, -0.1) is 0 Å². The molecule has 2 aliphatic rings. The monoisotopic (exact) mass is 515 g/mol. The highest BCUT2D eigenvalue weighted by molar-refractivity contribution is 7.80. The van der Waals surface area contributed by atoms with Crippen LogP contribution in [0.5, 0.6) is 0 Å². The fourth-order valence-electron chi connectivity index (χ4n) is 5.25. The van der Waals surface area contributed by atoms with Crippen molar-refractivity contribution in [1.82, 2.24) is 5.32 Å². The first-order valence-electron chi connectivity index (χ1n) is 11.2. The van der Waals surface area contributed by atoms with Gasteiger partial charge in [-0.3, -0.25) is 19.8 Å². The third-order valence-corrected chi connectivity index (χ3v) is 7.49. The SMILES string of the molecule is CC1CC(C)(C)N(C(C)C)c2ccc(/C=C3\C(=O)NC(=S)N(c4cccc(Cl)c4Cl)C3=O)cc21. The Labute approximate surface area is 215 Å². The van der Waals surface area contributed by atoms with Crippen molar-refractivity contribution in [3.8, 4) is 0 Å². The van der Waals surface area contributed by atoms with E-state index in [2.05, 4.69) is 57.0 Å². The Morgan fingerprint density at radius 3 is 2.53 bits per heavy atom. The van der Waals surface area contributed by atoms with Gasteiger partial charge in [-0.05, 0) is 93.7 Å². The molecule has 2 aliphatic heterocycles. The van der Waals surface area contributed by atoms with E-state index in [0.29, 0.717) is 22.7 Å². The van der Waals surface area contributed by atoms with Crippen LogP contribution in [0.3, 0.4) is 0 Å². The largest absolute Gasteiger partial charge is 0.364 e. The van der Waals surface area contributed by atoms with Crippen LogP contribution in [0.25, 0.3) is 6.08 Å². The number of nitrogens with one attached hydrogen (secondary N) is 1. The summed E-state index contributed by atoms with van der Waals surface area (Å²) in [5.74, 6) is -0.752. The molecular formula is C26H27Cl2N3O2S. The van der Waals surface area contributed by atoms with Crippen LogP contribution in [0.15, 0.2) is 42.0 Å². The first-order chi connectivity index (χ1) is 15.9. The second-order valence-electron chi connectivity index (χ2n) is 9.73. The van der Waals surface area contributed by atoms with Crippen molar-refractivity contribution < 1.29 is 9.59 Å². The summed E-state index contributed by atoms with van der Waals surface area (Å²) in [7, 11) is 0. The molecule has 2 aromatic rings. The third kappa shape index (κ3) is 4.23. The van der Waals surface area contributed by atoms with Gasteiger partial charge in [-0.2, -0.15) is 0 Å². The summed E-state index contributed by atoms with van der Waals surface area (Å²) in [6.45, 7) is 11.1. The molecule has 1 atom stereocenters. The van der Waals surface area contributed by atoms with Gasteiger partial charge in [0.25, 0.3) is 11.8 Å². The molecule has 5 nitrogen and oxygen atoms in total. The number of amides is 2. The summed E-state index contributed by atoms with van der Waals surface area (Å²) in [5.41, 5.74) is 3.51. The molecule has 0 aliphatic carbocycles. The van der Waals surface area contributed by atoms with Crippen LogP contribution in [0.2, 0.25) is 10.0 Å². The predicted molar refractivity (Wildman–Crippen MR) is 144 cm³/mol. The summed E-state index contributed by atoms with van der Waals surface area (Å²) in [6, 6.07) is 11.4. The van der Waals surface area contributed by atoms with E-state index in [4.69, 9.17) is 35.4 Å². The van der Waals surface area contributed by atoms with Crippen LogP contribution in [0.1, 0.15) is 58.1 Å². The lowest BCUT2D eigenvalue weighted by Crippen LogP contribution is -2.54. The number of benzene rings is 2. The van der Waals surface area contributed by atoms with Crippen LogP contribution >= 0.6 is 35.4 Å². The lowest BCUT2D eigenvalue weighted by atomic mass is 9.78. The molecule has 1 saturated heterocycles. The molecule has 1 unspecified atom stereocenters. The average molecular weight is 516 g/mol. The molecule has 0 bridgehead atoms. The van der Waals surface area contributed by atoms with Gasteiger partial charge in [-0.25, -0.2) is 0 Å². The van der Waals surface area contributed by atoms with Crippen molar-refractivity contribution in [2.24, 2.45) is 0 Å². The molecule has 0 aromatic heterocycles. The van der Waals surface area contributed by atoms with Gasteiger partial charge in [0.05, 0.1) is 15.7 Å². The van der Waals surface area contributed by atoms with Gasteiger partial charge < -0.3 is 4.90 Å². The van der Waals surface area contributed by atoms with Crippen LogP contribution in [0.4, 0.5) is 11.4 Å². The maximum Gasteiger partial charge on any atom is 0.270 e. The number of nitrogens with zero attached hydrogens (tertiary/aromatic N) is 2. The summed E-state index contributed by atoms with van der Waals surface area (Å²) in [5, 5.41) is 3.04. The molecule has 1 N–H and O–H groups in total. The minimum absolute atomic E-state index is 0.0194. The molecule has 178 valence electrons. The molecule has 0 radical (unpaired) electrons. The number of hydrogen-bond acceptors (Lipinski definition) is 4. The molecule has 0 spiro atoms. The highest BCUT2D eigenvalue weighted by Gasteiger charge is 2.38. The average Bonchev–Trinajstić information content (AvgIpc) is 2.73. The molecule has 4 rings (SSSR count). The van der Waals surface area contributed by atoms with Gasteiger partial charge in [0.1, 0.15) is 5.57 Å². The number of thiocarbonyl (C=S) groups is 1. The van der Waals surface area contributed by atoms with Crippen molar-refractivity contribution in [2.75, 3.05) is 9.80 Å². The van der Waals surface area contributed by atoms with Crippen LogP contribution in [0, 0.1) is 0 Å². The lowest BCUT2D eigenvalue weighted by molar-refractivity contribution is -0.122. The van der Waals surface area contributed by atoms with E-state index >= 15 is 0 Å². The Morgan fingerprint density at radius 1 is 1.15 bits per heavy atom. The van der Waals surface area contributed by atoms with Crippen LogP contribution < -0.4 is 15.1 Å². The standard InChI is InChI=1S/C26H27Cl2N3O2S/c1-14(2)31-20-10-9-16(11-17(20)15(3)13-26(31,4)5)12-18-23(32)29-25(34)30(24(18)33)21-8-6-7-19(27)22(21)28/h6-12,14-15H,13H2,1-5H3,(H,29,32,34)/b18-12+. The van der Waals surface area contributed by atoms with Crippen molar-refractivity contribution in [3.05, 3.63) is 63.1 Å². The van der Waals surface area contributed by atoms with E-state index in [9.17, 15) is 9.59 Å². The van der Waals surface area contributed by atoms with Gasteiger partial charge >= 0.3 is 0 Å². The molecule has 1 fully saturated rings. The smallest absolute Gasteiger partial charge is 0.270 e. The Bertz CT molecular complexity index is 1240. The van der Waals surface area contributed by atoms with Gasteiger partial charge in [0.2, 0.25) is 0 Å². The fourth-order valence-corrected chi connectivity index (χ4v) is 5.90. The molecule has 2 heterocycles. The molecule has 34 heavy (non-hydrogen) atoms. The van der Waals surface area contributed by atoms with E-state index < -0.39 is 11.8 Å². The molecule has 0 saturated carbocycles. The van der Waals surface area contributed by atoms with Crippen molar-refractivity contribution in [2.45, 2.75) is 58.5 Å². The van der Waals surface area contributed by atoms with Gasteiger partial charge in [0, 0.05) is 17.3 Å². The molecule has 2 amide bonds. The summed E-state index contributed by atoms with van der Waals surface area (Å²) in [4.78, 5) is 29.8. The minimum atomic E-state index is -0.548. The number of hydrogen-bond donors (Lipinski definition) is 1. The second kappa shape index (κ2) is 8.99. The summed E-state index contributed by atoms with van der Waals surface area (Å²) >= 11 is 17.8. The first kappa shape index (κ1) is 24.7. The Kier molecular flexibility index (Phi) is 6.53. The molecular weight excluding hydrogens is 489 g/mol. The zero-order chi connectivity index (χ0) is 24.9. The summed E-state index contributed by atoms with van der Waals surface area (Å²) < 4.78 is 0. The maximum absolute atomic E-state index is 13.4. The van der Waals surface area contributed by atoms with Gasteiger partial charge in [0.15, 0.2) is 5.11 Å².